The van der Waals surface area contributed by atoms with Gasteiger partial charge in [-0.3, -0.25) is 9.20 Å². The Kier molecular flexibility index (Phi) is 6.74. The molecular weight excluding hydrogens is 446 g/mol. The van der Waals surface area contributed by atoms with Crippen LogP contribution in [0.1, 0.15) is 29.0 Å². The van der Waals surface area contributed by atoms with Gasteiger partial charge in [0, 0.05) is 31.4 Å². The largest absolute Gasteiger partial charge is 0.493 e. The van der Waals surface area contributed by atoms with Crippen LogP contribution in [0.3, 0.4) is 0 Å². The predicted octanol–water partition coefficient (Wildman–Crippen LogP) is 3.27. The molecule has 2 N–H and O–H groups in total. The fourth-order valence-electron chi connectivity index (χ4n) is 3.53. The normalized spacial score (nSPS) is 11.0. The van der Waals surface area contributed by atoms with Crippen LogP contribution in [-0.2, 0) is 0 Å². The highest BCUT2D eigenvalue weighted by atomic mass is 35.5. The molecule has 4 aromatic rings. The average Bonchev–Trinajstić information content (AvgIpc) is 3.22. The van der Waals surface area contributed by atoms with Crippen molar-refractivity contribution in [3.63, 3.8) is 0 Å². The minimum atomic E-state index is -0.234. The van der Waals surface area contributed by atoms with Crippen molar-refractivity contribution in [1.82, 2.24) is 29.9 Å². The molecule has 0 atom stereocenters. The number of ether oxygens (including phenoxy) is 2. The monoisotopic (exact) mass is 469 g/mol. The van der Waals surface area contributed by atoms with E-state index in [-0.39, 0.29) is 11.1 Å². The fraction of sp³-hybridized carbons (Fsp3) is 0.318. The lowest BCUT2D eigenvalue weighted by atomic mass is 10.2. The lowest BCUT2D eigenvalue weighted by molar-refractivity contribution is 0.0953. The van der Waals surface area contributed by atoms with Gasteiger partial charge in [-0.15, -0.1) is 10.2 Å². The quantitative estimate of drug-likeness (QED) is 0.283. The summed E-state index contributed by atoms with van der Waals surface area (Å²) in [6.07, 6.45) is 3.13. The highest BCUT2D eigenvalue weighted by molar-refractivity contribution is 6.32. The van der Waals surface area contributed by atoms with Gasteiger partial charge in [-0.05, 0) is 31.9 Å². The molecule has 0 unspecified atom stereocenters. The van der Waals surface area contributed by atoms with Crippen LogP contribution in [0.15, 0.2) is 30.5 Å². The molecule has 10 nitrogen and oxygen atoms in total. The maximum atomic E-state index is 12.2. The summed E-state index contributed by atoms with van der Waals surface area (Å²) in [7, 11) is 3.18. The number of nitrogens with one attached hydrogen (secondary N) is 2. The second-order valence-corrected chi connectivity index (χ2v) is 7.65. The number of carbonyl (C=O) groups excluding carboxylic acids is 1. The van der Waals surface area contributed by atoms with Gasteiger partial charge in [-0.25, -0.2) is 9.97 Å². The van der Waals surface area contributed by atoms with Gasteiger partial charge in [-0.2, -0.15) is 0 Å². The number of carbonyl (C=O) groups is 1. The van der Waals surface area contributed by atoms with Crippen molar-refractivity contribution in [2.45, 2.75) is 19.8 Å². The second kappa shape index (κ2) is 9.86. The van der Waals surface area contributed by atoms with Crippen LogP contribution >= 0.6 is 11.6 Å². The number of anilines is 1. The van der Waals surface area contributed by atoms with E-state index >= 15 is 0 Å². The van der Waals surface area contributed by atoms with Crippen molar-refractivity contribution in [2.24, 2.45) is 0 Å². The summed E-state index contributed by atoms with van der Waals surface area (Å²) in [6.45, 7) is 3.06. The summed E-state index contributed by atoms with van der Waals surface area (Å²) in [5, 5.41) is 14.9. The maximum Gasteiger partial charge on any atom is 0.254 e. The summed E-state index contributed by atoms with van der Waals surface area (Å²) >= 11 is 5.96. The first-order valence-electron chi connectivity index (χ1n) is 10.4. The molecule has 3 heterocycles. The number of nitrogens with zero attached hydrogens (tertiary/aromatic N) is 5. The summed E-state index contributed by atoms with van der Waals surface area (Å²) in [6, 6.07) is 7.02. The van der Waals surface area contributed by atoms with E-state index in [0.29, 0.717) is 41.6 Å². The van der Waals surface area contributed by atoms with Crippen LogP contribution in [0, 0.1) is 6.92 Å². The van der Waals surface area contributed by atoms with Gasteiger partial charge >= 0.3 is 0 Å². The predicted molar refractivity (Wildman–Crippen MR) is 125 cm³/mol. The highest BCUT2D eigenvalue weighted by Crippen LogP contribution is 2.33. The molecule has 0 spiro atoms. The molecular formula is C22H24ClN7O3. The molecule has 1 amide bonds. The zero-order chi connectivity index (χ0) is 23.4. The fourth-order valence-corrected chi connectivity index (χ4v) is 3.73. The first-order valence-corrected chi connectivity index (χ1v) is 10.8. The summed E-state index contributed by atoms with van der Waals surface area (Å²) in [5.41, 5.74) is 2.56. The first-order chi connectivity index (χ1) is 16.0. The molecule has 1 aromatic carbocycles. The maximum absolute atomic E-state index is 12.2. The minimum absolute atomic E-state index is 0.195. The number of rotatable bonds is 9. The number of hydrogen-bond acceptors (Lipinski definition) is 8. The Morgan fingerprint density at radius 3 is 2.64 bits per heavy atom. The Bertz CT molecular complexity index is 1310. The Morgan fingerprint density at radius 1 is 1.12 bits per heavy atom. The van der Waals surface area contributed by atoms with Gasteiger partial charge in [0.15, 0.2) is 17.3 Å². The summed E-state index contributed by atoms with van der Waals surface area (Å²) in [4.78, 5) is 20.8. The van der Waals surface area contributed by atoms with Crippen molar-refractivity contribution in [3.05, 3.63) is 47.0 Å². The number of methoxy groups -OCH3 is 2. The Balaban J connectivity index is 1.42. The number of aromatic nitrogens is 5. The van der Waals surface area contributed by atoms with Gasteiger partial charge in [0.25, 0.3) is 5.91 Å². The molecule has 172 valence electrons. The number of pyridine rings is 1. The number of aryl methyl sites for hydroxylation is 1. The molecule has 0 aliphatic heterocycles. The van der Waals surface area contributed by atoms with E-state index in [9.17, 15) is 4.79 Å². The van der Waals surface area contributed by atoms with E-state index in [1.54, 1.807) is 32.5 Å². The molecule has 0 fully saturated rings. The van der Waals surface area contributed by atoms with Gasteiger partial charge in [0.05, 0.1) is 30.8 Å². The number of amides is 1. The van der Waals surface area contributed by atoms with Crippen LogP contribution in [0.2, 0.25) is 5.15 Å². The average molecular weight is 470 g/mol. The molecule has 0 aliphatic carbocycles. The van der Waals surface area contributed by atoms with Crippen molar-refractivity contribution < 1.29 is 14.3 Å². The number of fused-ring (bicyclic) bond motifs is 3. The van der Waals surface area contributed by atoms with E-state index < -0.39 is 0 Å². The molecule has 0 radical (unpaired) electrons. The van der Waals surface area contributed by atoms with Crippen LogP contribution in [0.4, 0.5) is 5.82 Å². The molecule has 33 heavy (non-hydrogen) atoms. The summed E-state index contributed by atoms with van der Waals surface area (Å²) in [5.74, 6) is 2.34. The van der Waals surface area contributed by atoms with E-state index in [4.69, 9.17) is 26.1 Å². The molecule has 0 aliphatic rings. The van der Waals surface area contributed by atoms with Crippen LogP contribution in [-0.4, -0.2) is 57.8 Å². The molecule has 0 saturated carbocycles. The molecule has 0 bridgehead atoms. The third kappa shape index (κ3) is 4.61. The lowest BCUT2D eigenvalue weighted by Crippen LogP contribution is -2.25. The topological polar surface area (TPSA) is 116 Å². The van der Waals surface area contributed by atoms with Gasteiger partial charge in [0.1, 0.15) is 11.0 Å². The van der Waals surface area contributed by atoms with Gasteiger partial charge in [0.2, 0.25) is 5.65 Å². The Morgan fingerprint density at radius 2 is 1.88 bits per heavy atom. The van der Waals surface area contributed by atoms with Crippen molar-refractivity contribution in [1.29, 1.82) is 0 Å². The van der Waals surface area contributed by atoms with E-state index in [1.807, 2.05) is 23.5 Å². The SMILES string of the molecule is COc1cc2nc(NCCCCNC(=O)c3cccnc3Cl)c3nnc(C)n3c2cc1OC. The number of unbranched alkanes of at least 4 members (excludes halogenated alkanes) is 1. The van der Waals surface area contributed by atoms with Crippen molar-refractivity contribution in [3.8, 4) is 11.5 Å². The van der Waals surface area contributed by atoms with E-state index in [0.717, 1.165) is 29.7 Å². The third-order valence-corrected chi connectivity index (χ3v) is 5.48. The number of benzene rings is 1. The zero-order valence-corrected chi connectivity index (χ0v) is 19.3. The molecule has 11 heteroatoms. The smallest absolute Gasteiger partial charge is 0.254 e. The van der Waals surface area contributed by atoms with Crippen LogP contribution in [0.5, 0.6) is 11.5 Å². The van der Waals surface area contributed by atoms with Crippen LogP contribution in [0.25, 0.3) is 16.7 Å². The standard InChI is InChI=1S/C22H24ClN7O3/c1-13-28-29-21-20(27-15-11-17(32-2)18(33-3)12-16(15)30(13)21)25-8-4-5-9-26-22(31)14-7-6-10-24-19(14)23/h6-7,10-12H,4-5,8-9H2,1-3H3,(H,25,27)(H,26,31). The van der Waals surface area contributed by atoms with Gasteiger partial charge < -0.3 is 20.1 Å². The highest BCUT2D eigenvalue weighted by Gasteiger charge is 2.16. The Hall–Kier alpha value is -3.66. The van der Waals surface area contributed by atoms with E-state index in [1.165, 1.54) is 0 Å². The minimum Gasteiger partial charge on any atom is -0.493 e. The molecule has 4 rings (SSSR count). The van der Waals surface area contributed by atoms with Crippen molar-refractivity contribution >= 4 is 40.0 Å². The Labute approximate surface area is 195 Å². The number of halogens is 1. The zero-order valence-electron chi connectivity index (χ0n) is 18.6. The van der Waals surface area contributed by atoms with Crippen LogP contribution < -0.4 is 20.1 Å². The lowest BCUT2D eigenvalue weighted by Gasteiger charge is -2.13. The van der Waals surface area contributed by atoms with E-state index in [2.05, 4.69) is 25.8 Å². The molecule has 0 saturated heterocycles. The second-order valence-electron chi connectivity index (χ2n) is 7.29. The van der Waals surface area contributed by atoms with Crippen molar-refractivity contribution in [2.75, 3.05) is 32.6 Å². The molecule has 3 aromatic heterocycles. The first kappa shape index (κ1) is 22.5. The number of hydrogen-bond donors (Lipinski definition) is 2. The third-order valence-electron chi connectivity index (χ3n) is 5.18. The van der Waals surface area contributed by atoms with Gasteiger partial charge in [-0.1, -0.05) is 11.6 Å². The summed E-state index contributed by atoms with van der Waals surface area (Å²) < 4.78 is 12.8.